The van der Waals surface area contributed by atoms with Crippen LogP contribution in [0.5, 0.6) is 0 Å². The van der Waals surface area contributed by atoms with Gasteiger partial charge in [0.2, 0.25) is 5.91 Å². The van der Waals surface area contributed by atoms with Gasteiger partial charge in [-0.05, 0) is 31.0 Å². The molecule has 0 bridgehead atoms. The Balaban J connectivity index is 2.08. The Morgan fingerprint density at radius 3 is 2.70 bits per heavy atom. The molecular weight excluding hydrogens is 314 g/mol. The second-order valence-electron chi connectivity index (χ2n) is 5.08. The maximum Gasteiger partial charge on any atom is 0.292 e. The second kappa shape index (κ2) is 7.85. The molecule has 1 amide bonds. The number of carbonyl (C=O) groups excluding carboxylic acids is 1. The average molecular weight is 333 g/mol. The van der Waals surface area contributed by atoms with Gasteiger partial charge in [0.25, 0.3) is 5.69 Å². The van der Waals surface area contributed by atoms with Gasteiger partial charge in [0.15, 0.2) is 0 Å². The standard InChI is InChI=1S/C16H19N3O3S/c1-3-18(11-13-7-6-10-23-13)12(2)16(20)17-14-8-4-5-9-15(14)19(21)22/h4-10,12H,3,11H2,1-2H3,(H,17,20)/t12-/m0/s1. The predicted octanol–water partition coefficient (Wildman–Crippen LogP) is 3.51. The van der Waals surface area contributed by atoms with Gasteiger partial charge in [0.1, 0.15) is 5.69 Å². The number of para-hydroxylation sites is 2. The lowest BCUT2D eigenvalue weighted by Gasteiger charge is -2.26. The molecular formula is C16H19N3O3S. The minimum absolute atomic E-state index is 0.102. The maximum absolute atomic E-state index is 12.4. The van der Waals surface area contributed by atoms with Gasteiger partial charge in [-0.25, -0.2) is 0 Å². The summed E-state index contributed by atoms with van der Waals surface area (Å²) >= 11 is 1.64. The largest absolute Gasteiger partial charge is 0.319 e. The average Bonchev–Trinajstić information content (AvgIpc) is 3.05. The molecule has 7 heteroatoms. The van der Waals surface area contributed by atoms with Crippen molar-refractivity contribution in [3.63, 3.8) is 0 Å². The molecule has 0 aliphatic rings. The fourth-order valence-corrected chi connectivity index (χ4v) is 3.00. The zero-order valence-electron chi connectivity index (χ0n) is 13.1. The molecule has 1 heterocycles. The SMILES string of the molecule is CCN(Cc1cccs1)[C@@H](C)C(=O)Nc1ccccc1[N+](=O)[O-]. The number of rotatable bonds is 7. The monoisotopic (exact) mass is 333 g/mol. The molecule has 1 aromatic heterocycles. The van der Waals surface area contributed by atoms with E-state index in [1.165, 1.54) is 17.0 Å². The fourth-order valence-electron chi connectivity index (χ4n) is 2.27. The second-order valence-corrected chi connectivity index (χ2v) is 6.11. The van der Waals surface area contributed by atoms with Crippen LogP contribution < -0.4 is 5.32 Å². The molecule has 2 aromatic rings. The molecule has 6 nitrogen and oxygen atoms in total. The molecule has 1 N–H and O–H groups in total. The zero-order chi connectivity index (χ0) is 16.8. The number of nitrogens with zero attached hydrogens (tertiary/aromatic N) is 2. The molecule has 23 heavy (non-hydrogen) atoms. The van der Waals surface area contributed by atoms with Gasteiger partial charge >= 0.3 is 0 Å². The van der Waals surface area contributed by atoms with Crippen molar-refractivity contribution >= 4 is 28.6 Å². The van der Waals surface area contributed by atoms with Crippen LogP contribution in [0.2, 0.25) is 0 Å². The van der Waals surface area contributed by atoms with E-state index in [9.17, 15) is 14.9 Å². The number of hydrogen-bond donors (Lipinski definition) is 1. The molecule has 122 valence electrons. The van der Waals surface area contributed by atoms with E-state index in [4.69, 9.17) is 0 Å². The third kappa shape index (κ3) is 4.37. The summed E-state index contributed by atoms with van der Waals surface area (Å²) in [6.07, 6.45) is 0. The first-order valence-corrected chi connectivity index (χ1v) is 8.21. The molecule has 1 atom stereocenters. The smallest absolute Gasteiger partial charge is 0.292 e. The van der Waals surface area contributed by atoms with Gasteiger partial charge < -0.3 is 5.32 Å². The lowest BCUT2D eigenvalue weighted by Crippen LogP contribution is -2.41. The highest BCUT2D eigenvalue weighted by atomic mass is 32.1. The van der Waals surface area contributed by atoms with Gasteiger partial charge in [-0.1, -0.05) is 25.1 Å². The van der Waals surface area contributed by atoms with Gasteiger partial charge in [-0.2, -0.15) is 0 Å². The van der Waals surface area contributed by atoms with Crippen molar-refractivity contribution in [1.82, 2.24) is 4.90 Å². The normalized spacial score (nSPS) is 12.1. The van der Waals surface area contributed by atoms with E-state index in [0.29, 0.717) is 13.1 Å². The Bertz CT molecular complexity index is 673. The highest BCUT2D eigenvalue weighted by Gasteiger charge is 2.23. The van der Waals surface area contributed by atoms with Crippen LogP contribution in [-0.4, -0.2) is 28.3 Å². The van der Waals surface area contributed by atoms with Crippen LogP contribution in [0.15, 0.2) is 41.8 Å². The fraction of sp³-hybridized carbons (Fsp3) is 0.312. The molecule has 0 aliphatic heterocycles. The molecule has 0 saturated carbocycles. The number of amides is 1. The van der Waals surface area contributed by atoms with Crippen molar-refractivity contribution in [2.45, 2.75) is 26.4 Å². The quantitative estimate of drug-likeness (QED) is 0.621. The summed E-state index contributed by atoms with van der Waals surface area (Å²) in [4.78, 5) is 26.2. The van der Waals surface area contributed by atoms with E-state index in [2.05, 4.69) is 5.32 Å². The molecule has 0 spiro atoms. The number of carbonyl (C=O) groups is 1. The van der Waals surface area contributed by atoms with Gasteiger partial charge in [0, 0.05) is 17.5 Å². The Labute approximate surface area is 138 Å². The molecule has 0 unspecified atom stereocenters. The Hall–Kier alpha value is -2.25. The Morgan fingerprint density at radius 1 is 1.35 bits per heavy atom. The summed E-state index contributed by atoms with van der Waals surface area (Å²) in [7, 11) is 0. The van der Waals surface area contributed by atoms with E-state index < -0.39 is 4.92 Å². The predicted molar refractivity (Wildman–Crippen MR) is 91.6 cm³/mol. The highest BCUT2D eigenvalue weighted by Crippen LogP contribution is 2.24. The van der Waals surface area contributed by atoms with E-state index in [0.717, 1.165) is 0 Å². The van der Waals surface area contributed by atoms with E-state index in [1.807, 2.05) is 29.3 Å². The van der Waals surface area contributed by atoms with Crippen molar-refractivity contribution in [3.8, 4) is 0 Å². The highest BCUT2D eigenvalue weighted by molar-refractivity contribution is 7.09. The maximum atomic E-state index is 12.4. The van der Waals surface area contributed by atoms with E-state index >= 15 is 0 Å². The molecule has 0 fully saturated rings. The number of anilines is 1. The Morgan fingerprint density at radius 2 is 2.09 bits per heavy atom. The molecule has 0 aliphatic carbocycles. The van der Waals surface area contributed by atoms with Crippen molar-refractivity contribution in [2.75, 3.05) is 11.9 Å². The summed E-state index contributed by atoms with van der Waals surface area (Å²) in [5.74, 6) is -0.252. The van der Waals surface area contributed by atoms with Crippen LogP contribution in [0.25, 0.3) is 0 Å². The van der Waals surface area contributed by atoms with Crippen LogP contribution in [0.1, 0.15) is 18.7 Å². The van der Waals surface area contributed by atoms with E-state index in [-0.39, 0.29) is 23.3 Å². The van der Waals surface area contributed by atoms with Crippen LogP contribution in [-0.2, 0) is 11.3 Å². The number of thiophene rings is 1. The number of nitro benzene ring substituents is 1. The third-order valence-corrected chi connectivity index (χ3v) is 4.49. The summed E-state index contributed by atoms with van der Waals surface area (Å²) < 4.78 is 0. The first-order chi connectivity index (χ1) is 11.0. The van der Waals surface area contributed by atoms with Gasteiger partial charge in [0.05, 0.1) is 11.0 Å². The van der Waals surface area contributed by atoms with Gasteiger partial charge in [-0.15, -0.1) is 11.3 Å². The number of nitrogens with one attached hydrogen (secondary N) is 1. The zero-order valence-corrected chi connectivity index (χ0v) is 13.9. The van der Waals surface area contributed by atoms with Crippen molar-refractivity contribution in [1.29, 1.82) is 0 Å². The minimum atomic E-state index is -0.497. The molecule has 0 radical (unpaired) electrons. The van der Waals surface area contributed by atoms with Crippen molar-refractivity contribution in [2.24, 2.45) is 0 Å². The number of hydrogen-bond acceptors (Lipinski definition) is 5. The summed E-state index contributed by atoms with van der Waals surface area (Å²) in [5.41, 5.74) is 0.121. The van der Waals surface area contributed by atoms with Gasteiger partial charge in [-0.3, -0.25) is 19.8 Å². The van der Waals surface area contributed by atoms with Crippen LogP contribution >= 0.6 is 11.3 Å². The first-order valence-electron chi connectivity index (χ1n) is 7.33. The summed E-state index contributed by atoms with van der Waals surface area (Å²) in [6.45, 7) is 5.19. The van der Waals surface area contributed by atoms with Crippen molar-refractivity contribution in [3.05, 3.63) is 56.8 Å². The molecule has 1 aromatic carbocycles. The number of nitro groups is 1. The van der Waals surface area contributed by atoms with E-state index in [1.54, 1.807) is 30.4 Å². The number of benzene rings is 1. The lowest BCUT2D eigenvalue weighted by atomic mass is 10.2. The van der Waals surface area contributed by atoms with Crippen LogP contribution in [0.3, 0.4) is 0 Å². The summed E-state index contributed by atoms with van der Waals surface area (Å²) in [6, 6.07) is 9.78. The molecule has 2 rings (SSSR count). The third-order valence-electron chi connectivity index (χ3n) is 3.63. The van der Waals surface area contributed by atoms with Crippen LogP contribution in [0, 0.1) is 10.1 Å². The lowest BCUT2D eigenvalue weighted by molar-refractivity contribution is -0.383. The number of likely N-dealkylation sites (N-methyl/N-ethyl adjacent to an activating group) is 1. The van der Waals surface area contributed by atoms with Crippen LogP contribution in [0.4, 0.5) is 11.4 Å². The topological polar surface area (TPSA) is 75.5 Å². The first kappa shape index (κ1) is 17.1. The minimum Gasteiger partial charge on any atom is -0.319 e. The van der Waals surface area contributed by atoms with Crippen molar-refractivity contribution < 1.29 is 9.72 Å². The molecule has 0 saturated heterocycles. The Kier molecular flexibility index (Phi) is 5.84. The summed E-state index contributed by atoms with van der Waals surface area (Å²) in [5, 5.41) is 15.7.